The fraction of sp³-hybridized carbons (Fsp3) is 0.154. The number of Topliss-reactive ketones (excluding diaryl/α,β-unsaturated/α-hetero) is 1. The van der Waals surface area contributed by atoms with E-state index in [1.165, 1.54) is 0 Å². The Balaban J connectivity index is 1.75. The first-order valence-corrected chi connectivity index (χ1v) is 10.1. The Morgan fingerprint density at radius 1 is 0.935 bits per heavy atom. The summed E-state index contributed by atoms with van der Waals surface area (Å²) in [5, 5.41) is 0. The molecule has 4 rings (SSSR count). The molecule has 0 N–H and O–H groups in total. The summed E-state index contributed by atoms with van der Waals surface area (Å²) in [4.78, 5) is 18.0. The molecule has 0 radical (unpaired) electrons. The van der Waals surface area contributed by atoms with Gasteiger partial charge in [-0.3, -0.25) is 4.79 Å². The summed E-state index contributed by atoms with van der Waals surface area (Å²) in [5.41, 5.74) is 3.07. The fourth-order valence-electron chi connectivity index (χ4n) is 3.19. The lowest BCUT2D eigenvalue weighted by Gasteiger charge is -2.10. The Labute approximate surface area is 180 Å². The van der Waals surface area contributed by atoms with E-state index in [2.05, 4.69) is 4.98 Å². The average molecular weight is 413 g/mol. The van der Waals surface area contributed by atoms with Crippen LogP contribution in [-0.2, 0) is 0 Å². The van der Waals surface area contributed by atoms with E-state index < -0.39 is 0 Å². The number of methoxy groups -OCH3 is 1. The SMILES string of the molecule is COc1ccc(C=C(C(=O)c2ccc(OC(C)C)cc2)c2nc3ccccc3o2)cc1. The van der Waals surface area contributed by atoms with Crippen molar-refractivity contribution in [2.75, 3.05) is 7.11 Å². The van der Waals surface area contributed by atoms with Gasteiger partial charge in [0, 0.05) is 5.56 Å². The second-order valence-corrected chi connectivity index (χ2v) is 7.34. The molecular formula is C26H23NO4. The number of oxazole rings is 1. The number of aromatic nitrogens is 1. The normalized spacial score (nSPS) is 11.7. The molecule has 156 valence electrons. The number of para-hydroxylation sites is 2. The molecule has 0 aliphatic heterocycles. The topological polar surface area (TPSA) is 61.6 Å². The third-order valence-corrected chi connectivity index (χ3v) is 4.68. The zero-order valence-electron chi connectivity index (χ0n) is 17.7. The van der Waals surface area contributed by atoms with E-state index in [0.29, 0.717) is 28.0 Å². The van der Waals surface area contributed by atoms with Crippen LogP contribution in [0.3, 0.4) is 0 Å². The lowest BCUT2D eigenvalue weighted by atomic mass is 10.0. The van der Waals surface area contributed by atoms with Gasteiger partial charge in [-0.05, 0) is 74.0 Å². The van der Waals surface area contributed by atoms with Gasteiger partial charge in [-0.25, -0.2) is 4.98 Å². The summed E-state index contributed by atoms with van der Waals surface area (Å²) in [6.07, 6.45) is 1.84. The number of carbonyl (C=O) groups is 1. The smallest absolute Gasteiger partial charge is 0.231 e. The van der Waals surface area contributed by atoms with Crippen LogP contribution < -0.4 is 9.47 Å². The van der Waals surface area contributed by atoms with E-state index in [1.54, 1.807) is 37.5 Å². The van der Waals surface area contributed by atoms with Crippen LogP contribution in [0.1, 0.15) is 35.7 Å². The van der Waals surface area contributed by atoms with Gasteiger partial charge >= 0.3 is 0 Å². The molecule has 1 heterocycles. The molecule has 5 nitrogen and oxygen atoms in total. The molecule has 1 aromatic heterocycles. The Morgan fingerprint density at radius 3 is 2.26 bits per heavy atom. The van der Waals surface area contributed by atoms with Crippen LogP contribution in [0, 0.1) is 0 Å². The van der Waals surface area contributed by atoms with Crippen molar-refractivity contribution in [1.82, 2.24) is 4.98 Å². The molecule has 0 aliphatic rings. The highest BCUT2D eigenvalue weighted by atomic mass is 16.5. The monoisotopic (exact) mass is 413 g/mol. The van der Waals surface area contributed by atoms with E-state index in [1.807, 2.05) is 62.4 Å². The van der Waals surface area contributed by atoms with Gasteiger partial charge in [0.2, 0.25) is 5.89 Å². The molecular weight excluding hydrogens is 390 g/mol. The quantitative estimate of drug-likeness (QED) is 0.273. The molecule has 0 bridgehead atoms. The van der Waals surface area contributed by atoms with Crippen LogP contribution in [-0.4, -0.2) is 24.0 Å². The summed E-state index contributed by atoms with van der Waals surface area (Å²) in [7, 11) is 1.62. The molecule has 0 saturated heterocycles. The largest absolute Gasteiger partial charge is 0.497 e. The summed E-state index contributed by atoms with van der Waals surface area (Å²) < 4.78 is 16.8. The molecule has 0 spiro atoms. The first-order valence-electron chi connectivity index (χ1n) is 10.1. The van der Waals surface area contributed by atoms with Crippen molar-refractivity contribution in [1.29, 1.82) is 0 Å². The van der Waals surface area contributed by atoms with E-state index in [9.17, 15) is 4.79 Å². The first kappa shape index (κ1) is 20.4. The molecule has 0 saturated carbocycles. The fourth-order valence-corrected chi connectivity index (χ4v) is 3.19. The Bertz CT molecular complexity index is 1190. The number of fused-ring (bicyclic) bond motifs is 1. The predicted molar refractivity (Wildman–Crippen MR) is 121 cm³/mol. The lowest BCUT2D eigenvalue weighted by molar-refractivity contribution is 0.105. The van der Waals surface area contributed by atoms with Crippen LogP contribution in [0.15, 0.2) is 77.2 Å². The Kier molecular flexibility index (Phi) is 5.85. The second kappa shape index (κ2) is 8.88. The van der Waals surface area contributed by atoms with Crippen LogP contribution in [0.25, 0.3) is 22.7 Å². The van der Waals surface area contributed by atoms with Crippen molar-refractivity contribution in [3.8, 4) is 11.5 Å². The molecule has 31 heavy (non-hydrogen) atoms. The third kappa shape index (κ3) is 4.67. The summed E-state index contributed by atoms with van der Waals surface area (Å²) >= 11 is 0. The second-order valence-electron chi connectivity index (χ2n) is 7.34. The van der Waals surface area contributed by atoms with Gasteiger partial charge in [-0.2, -0.15) is 0 Å². The van der Waals surface area contributed by atoms with E-state index in [0.717, 1.165) is 11.3 Å². The Hall–Kier alpha value is -3.86. The van der Waals surface area contributed by atoms with Gasteiger partial charge < -0.3 is 13.9 Å². The van der Waals surface area contributed by atoms with Crippen molar-refractivity contribution in [2.24, 2.45) is 0 Å². The molecule has 3 aromatic carbocycles. The molecule has 0 unspecified atom stereocenters. The van der Waals surface area contributed by atoms with Crippen molar-refractivity contribution in [2.45, 2.75) is 20.0 Å². The number of ketones is 1. The molecule has 0 amide bonds. The minimum Gasteiger partial charge on any atom is -0.497 e. The van der Waals surface area contributed by atoms with Crippen LogP contribution in [0.4, 0.5) is 0 Å². The molecule has 0 aliphatic carbocycles. The number of rotatable bonds is 7. The summed E-state index contributed by atoms with van der Waals surface area (Å²) in [5.74, 6) is 1.56. The minimum atomic E-state index is -0.182. The highest BCUT2D eigenvalue weighted by Crippen LogP contribution is 2.27. The highest BCUT2D eigenvalue weighted by molar-refractivity contribution is 6.31. The van der Waals surface area contributed by atoms with Crippen LogP contribution in [0.5, 0.6) is 11.5 Å². The predicted octanol–water partition coefficient (Wildman–Crippen LogP) is 6.05. The van der Waals surface area contributed by atoms with Gasteiger partial charge in [0.05, 0.1) is 18.8 Å². The number of benzene rings is 3. The van der Waals surface area contributed by atoms with E-state index >= 15 is 0 Å². The van der Waals surface area contributed by atoms with Gasteiger partial charge in [0.1, 0.15) is 17.0 Å². The van der Waals surface area contributed by atoms with E-state index in [-0.39, 0.29) is 17.8 Å². The zero-order chi connectivity index (χ0) is 21.8. The van der Waals surface area contributed by atoms with Crippen molar-refractivity contribution in [3.63, 3.8) is 0 Å². The molecule has 4 aromatic rings. The maximum atomic E-state index is 13.4. The molecule has 0 atom stereocenters. The third-order valence-electron chi connectivity index (χ3n) is 4.68. The number of allylic oxidation sites excluding steroid dienone is 1. The number of ether oxygens (including phenoxy) is 2. The number of nitrogens with zero attached hydrogens (tertiary/aromatic N) is 1. The van der Waals surface area contributed by atoms with Gasteiger partial charge in [0.15, 0.2) is 11.4 Å². The van der Waals surface area contributed by atoms with Crippen molar-refractivity contribution in [3.05, 3.63) is 89.8 Å². The highest BCUT2D eigenvalue weighted by Gasteiger charge is 2.20. The maximum absolute atomic E-state index is 13.4. The minimum absolute atomic E-state index is 0.0619. The first-order chi connectivity index (χ1) is 15.0. The van der Waals surface area contributed by atoms with Crippen molar-refractivity contribution < 1.29 is 18.7 Å². The lowest BCUT2D eigenvalue weighted by Crippen LogP contribution is -2.06. The number of hydrogen-bond donors (Lipinski definition) is 0. The molecule has 0 fully saturated rings. The molecule has 5 heteroatoms. The average Bonchev–Trinajstić information content (AvgIpc) is 3.21. The van der Waals surface area contributed by atoms with Crippen LogP contribution in [0.2, 0.25) is 0 Å². The van der Waals surface area contributed by atoms with Crippen molar-refractivity contribution >= 4 is 28.5 Å². The number of carbonyl (C=O) groups excluding carboxylic acids is 1. The maximum Gasteiger partial charge on any atom is 0.231 e. The van der Waals surface area contributed by atoms with Gasteiger partial charge in [-0.1, -0.05) is 24.3 Å². The standard InChI is InChI=1S/C26H23NO4/c1-17(2)30-21-14-10-19(11-15-21)25(28)22(16-18-8-12-20(29-3)13-9-18)26-27-23-6-4-5-7-24(23)31-26/h4-17H,1-3H3. The number of hydrogen-bond acceptors (Lipinski definition) is 5. The van der Waals surface area contributed by atoms with E-state index in [4.69, 9.17) is 13.9 Å². The van der Waals surface area contributed by atoms with Crippen LogP contribution >= 0.6 is 0 Å². The van der Waals surface area contributed by atoms with Gasteiger partial charge in [-0.15, -0.1) is 0 Å². The Morgan fingerprint density at radius 2 is 1.61 bits per heavy atom. The zero-order valence-corrected chi connectivity index (χ0v) is 17.7. The summed E-state index contributed by atoms with van der Waals surface area (Å²) in [6, 6.07) is 22.0. The van der Waals surface area contributed by atoms with Gasteiger partial charge in [0.25, 0.3) is 0 Å². The summed E-state index contributed by atoms with van der Waals surface area (Å²) in [6.45, 7) is 3.92.